The standard InChI is InChI=1S/C17H19N/c1-13-7-9-16(10-8-13)17(18)11-15(12-17)14-5-3-2-4-6-14/h2-10,15H,11-12,18H2,1H3. The molecule has 0 unspecified atom stereocenters. The van der Waals surface area contributed by atoms with Crippen molar-refractivity contribution in [3.63, 3.8) is 0 Å². The smallest absolute Gasteiger partial charge is 0.0421 e. The van der Waals surface area contributed by atoms with Crippen LogP contribution >= 0.6 is 0 Å². The molecule has 0 heterocycles. The third kappa shape index (κ3) is 1.95. The van der Waals surface area contributed by atoms with Gasteiger partial charge in [0.15, 0.2) is 0 Å². The number of hydrogen-bond acceptors (Lipinski definition) is 1. The van der Waals surface area contributed by atoms with Crippen molar-refractivity contribution in [2.24, 2.45) is 5.73 Å². The lowest BCUT2D eigenvalue weighted by Crippen LogP contribution is -2.47. The first-order chi connectivity index (χ1) is 8.67. The largest absolute Gasteiger partial charge is 0.321 e. The van der Waals surface area contributed by atoms with Crippen LogP contribution in [0.25, 0.3) is 0 Å². The fraction of sp³-hybridized carbons (Fsp3) is 0.294. The average molecular weight is 237 g/mol. The first kappa shape index (κ1) is 11.5. The Morgan fingerprint density at radius 2 is 1.56 bits per heavy atom. The normalized spacial score (nSPS) is 26.7. The van der Waals surface area contributed by atoms with E-state index in [0.717, 1.165) is 12.8 Å². The molecule has 0 radical (unpaired) electrons. The Kier molecular flexibility index (Phi) is 2.71. The van der Waals surface area contributed by atoms with Crippen LogP contribution in [0.15, 0.2) is 54.6 Å². The van der Waals surface area contributed by atoms with Gasteiger partial charge in [0, 0.05) is 5.54 Å². The minimum atomic E-state index is -0.117. The second-order valence-corrected chi connectivity index (χ2v) is 5.54. The van der Waals surface area contributed by atoms with Gasteiger partial charge in [-0.3, -0.25) is 0 Å². The Bertz CT molecular complexity index is 521. The van der Waals surface area contributed by atoms with E-state index in [4.69, 9.17) is 5.73 Å². The molecular formula is C17H19N. The van der Waals surface area contributed by atoms with Crippen molar-refractivity contribution < 1.29 is 0 Å². The lowest BCUT2D eigenvalue weighted by atomic mass is 9.63. The average Bonchev–Trinajstić information content (AvgIpc) is 2.37. The zero-order valence-corrected chi connectivity index (χ0v) is 10.8. The van der Waals surface area contributed by atoms with Gasteiger partial charge in [-0.05, 0) is 36.8 Å². The third-order valence-corrected chi connectivity index (χ3v) is 4.12. The molecule has 0 amide bonds. The van der Waals surface area contributed by atoms with Gasteiger partial charge in [0.1, 0.15) is 0 Å². The van der Waals surface area contributed by atoms with Gasteiger partial charge in [0.05, 0.1) is 0 Å². The maximum absolute atomic E-state index is 6.50. The Hall–Kier alpha value is -1.60. The van der Waals surface area contributed by atoms with Gasteiger partial charge in [-0.15, -0.1) is 0 Å². The molecule has 0 saturated heterocycles. The predicted molar refractivity (Wildman–Crippen MR) is 75.5 cm³/mol. The van der Waals surface area contributed by atoms with Crippen molar-refractivity contribution in [2.45, 2.75) is 31.2 Å². The first-order valence-corrected chi connectivity index (χ1v) is 6.58. The molecule has 0 spiro atoms. The highest BCUT2D eigenvalue weighted by Gasteiger charge is 2.42. The lowest BCUT2D eigenvalue weighted by molar-refractivity contribution is 0.209. The topological polar surface area (TPSA) is 26.0 Å². The van der Waals surface area contributed by atoms with Crippen LogP contribution in [0.4, 0.5) is 0 Å². The van der Waals surface area contributed by atoms with E-state index in [0.29, 0.717) is 5.92 Å². The Morgan fingerprint density at radius 3 is 2.17 bits per heavy atom. The molecule has 1 saturated carbocycles. The molecule has 1 aliphatic rings. The van der Waals surface area contributed by atoms with Gasteiger partial charge in [0.25, 0.3) is 0 Å². The van der Waals surface area contributed by atoms with Crippen LogP contribution in [0.3, 0.4) is 0 Å². The van der Waals surface area contributed by atoms with Gasteiger partial charge >= 0.3 is 0 Å². The number of benzene rings is 2. The summed E-state index contributed by atoms with van der Waals surface area (Å²) < 4.78 is 0. The highest BCUT2D eigenvalue weighted by molar-refractivity contribution is 5.34. The molecule has 1 aliphatic carbocycles. The highest BCUT2D eigenvalue weighted by atomic mass is 14.8. The van der Waals surface area contributed by atoms with E-state index in [9.17, 15) is 0 Å². The molecule has 0 bridgehead atoms. The minimum absolute atomic E-state index is 0.117. The third-order valence-electron chi connectivity index (χ3n) is 4.12. The van der Waals surface area contributed by atoms with Gasteiger partial charge in [0.2, 0.25) is 0 Å². The fourth-order valence-electron chi connectivity index (χ4n) is 2.90. The summed E-state index contributed by atoms with van der Waals surface area (Å²) in [5.74, 6) is 0.623. The van der Waals surface area contributed by atoms with E-state index in [-0.39, 0.29) is 5.54 Å². The molecule has 0 aliphatic heterocycles. The zero-order valence-electron chi connectivity index (χ0n) is 10.8. The Labute approximate surface area is 109 Å². The predicted octanol–water partition coefficient (Wildman–Crippen LogP) is 3.73. The van der Waals surface area contributed by atoms with E-state index >= 15 is 0 Å². The molecule has 3 rings (SSSR count). The molecule has 0 atom stereocenters. The fourth-order valence-corrected chi connectivity index (χ4v) is 2.90. The van der Waals surface area contributed by atoms with Crippen molar-refractivity contribution in [1.29, 1.82) is 0 Å². The second-order valence-electron chi connectivity index (χ2n) is 5.54. The first-order valence-electron chi connectivity index (χ1n) is 6.58. The molecule has 1 heteroatoms. The summed E-state index contributed by atoms with van der Waals surface area (Å²) in [5, 5.41) is 0. The van der Waals surface area contributed by atoms with E-state index in [1.54, 1.807) is 0 Å². The van der Waals surface area contributed by atoms with Gasteiger partial charge in [-0.25, -0.2) is 0 Å². The maximum atomic E-state index is 6.50. The van der Waals surface area contributed by atoms with Gasteiger partial charge in [-0.2, -0.15) is 0 Å². The van der Waals surface area contributed by atoms with Crippen LogP contribution in [0.2, 0.25) is 0 Å². The SMILES string of the molecule is Cc1ccc(C2(N)CC(c3ccccc3)C2)cc1. The lowest BCUT2D eigenvalue weighted by Gasteiger charge is -2.45. The summed E-state index contributed by atoms with van der Waals surface area (Å²) in [4.78, 5) is 0. The van der Waals surface area contributed by atoms with Crippen LogP contribution in [0.5, 0.6) is 0 Å². The summed E-state index contributed by atoms with van der Waals surface area (Å²) >= 11 is 0. The quantitative estimate of drug-likeness (QED) is 0.846. The molecular weight excluding hydrogens is 218 g/mol. The number of nitrogens with two attached hydrogens (primary N) is 1. The highest BCUT2D eigenvalue weighted by Crippen LogP contribution is 2.48. The van der Waals surface area contributed by atoms with Crippen molar-refractivity contribution >= 4 is 0 Å². The molecule has 2 N–H and O–H groups in total. The summed E-state index contributed by atoms with van der Waals surface area (Å²) in [5.41, 5.74) is 10.4. The van der Waals surface area contributed by atoms with E-state index < -0.39 is 0 Å². The van der Waals surface area contributed by atoms with Crippen LogP contribution < -0.4 is 5.73 Å². The van der Waals surface area contributed by atoms with Crippen LogP contribution in [0.1, 0.15) is 35.4 Å². The van der Waals surface area contributed by atoms with Crippen molar-refractivity contribution in [2.75, 3.05) is 0 Å². The van der Waals surface area contributed by atoms with Crippen LogP contribution in [-0.4, -0.2) is 0 Å². The molecule has 92 valence electrons. The Morgan fingerprint density at radius 1 is 0.944 bits per heavy atom. The summed E-state index contributed by atoms with van der Waals surface area (Å²) in [7, 11) is 0. The van der Waals surface area contributed by atoms with Crippen molar-refractivity contribution in [3.05, 3.63) is 71.3 Å². The second kappa shape index (κ2) is 4.25. The molecule has 2 aromatic carbocycles. The molecule has 1 fully saturated rings. The summed E-state index contributed by atoms with van der Waals surface area (Å²) in [6.07, 6.45) is 2.11. The number of rotatable bonds is 2. The van der Waals surface area contributed by atoms with Crippen molar-refractivity contribution in [3.8, 4) is 0 Å². The summed E-state index contributed by atoms with van der Waals surface area (Å²) in [6.45, 7) is 2.11. The molecule has 2 aromatic rings. The van der Waals surface area contributed by atoms with Crippen molar-refractivity contribution in [1.82, 2.24) is 0 Å². The molecule has 1 nitrogen and oxygen atoms in total. The van der Waals surface area contributed by atoms with Gasteiger partial charge in [-0.1, -0.05) is 60.2 Å². The number of hydrogen-bond donors (Lipinski definition) is 1. The zero-order chi connectivity index (χ0) is 12.6. The van der Waals surface area contributed by atoms with Crippen LogP contribution in [0, 0.1) is 6.92 Å². The van der Waals surface area contributed by atoms with E-state index in [2.05, 4.69) is 61.5 Å². The maximum Gasteiger partial charge on any atom is 0.0421 e. The van der Waals surface area contributed by atoms with E-state index in [1.807, 2.05) is 0 Å². The monoisotopic (exact) mass is 237 g/mol. The summed E-state index contributed by atoms with van der Waals surface area (Å²) in [6, 6.07) is 19.4. The van der Waals surface area contributed by atoms with E-state index in [1.165, 1.54) is 16.7 Å². The van der Waals surface area contributed by atoms with Gasteiger partial charge < -0.3 is 5.73 Å². The minimum Gasteiger partial charge on any atom is -0.321 e. The molecule has 0 aromatic heterocycles. The van der Waals surface area contributed by atoms with Crippen LogP contribution in [-0.2, 0) is 5.54 Å². The Balaban J connectivity index is 1.76. The number of aryl methyl sites for hydroxylation is 1. The molecule has 18 heavy (non-hydrogen) atoms.